The van der Waals surface area contributed by atoms with Crippen molar-refractivity contribution in [3.05, 3.63) is 0 Å². The van der Waals surface area contributed by atoms with Gasteiger partial charge in [0.2, 0.25) is 5.91 Å². The molecule has 2 atom stereocenters. The van der Waals surface area contributed by atoms with Crippen molar-refractivity contribution in [2.75, 3.05) is 7.11 Å². The number of rotatable bonds is 9. The van der Waals surface area contributed by atoms with Crippen LogP contribution in [-0.2, 0) is 19.1 Å². The topological polar surface area (TPSA) is 119 Å². The lowest BCUT2D eigenvalue weighted by molar-refractivity contribution is -0.144. The van der Waals surface area contributed by atoms with Crippen LogP contribution in [0.25, 0.3) is 0 Å². The minimum absolute atomic E-state index is 0.0196. The Kier molecular flexibility index (Phi) is 8.52. The maximum absolute atomic E-state index is 11.7. The van der Waals surface area contributed by atoms with Gasteiger partial charge in [0.05, 0.1) is 13.2 Å². The molecule has 110 valence electrons. The zero-order chi connectivity index (χ0) is 14.8. The lowest BCUT2D eigenvalue weighted by atomic mass is 10.1. The Balaban J connectivity index is 4.29. The number of nitrogens with two attached hydrogens (primary N) is 1. The van der Waals surface area contributed by atoms with E-state index in [0.29, 0.717) is 6.42 Å². The van der Waals surface area contributed by atoms with Crippen molar-refractivity contribution < 1.29 is 24.2 Å². The quantitative estimate of drug-likeness (QED) is 0.510. The zero-order valence-electron chi connectivity index (χ0n) is 11.3. The Labute approximate surface area is 112 Å². The van der Waals surface area contributed by atoms with Crippen LogP contribution in [0.3, 0.4) is 0 Å². The highest BCUT2D eigenvalue weighted by atomic mass is 16.5. The highest BCUT2D eigenvalue weighted by Gasteiger charge is 2.23. The van der Waals surface area contributed by atoms with Gasteiger partial charge in [0.1, 0.15) is 6.04 Å². The summed E-state index contributed by atoms with van der Waals surface area (Å²) in [7, 11) is 1.22. The second kappa shape index (κ2) is 9.32. The molecule has 0 radical (unpaired) electrons. The Morgan fingerprint density at radius 3 is 2.42 bits per heavy atom. The SMILES string of the molecule is CCCCC(N)C(=O)NC(CCC(=O)OC)C(=O)O. The molecule has 0 aliphatic heterocycles. The van der Waals surface area contributed by atoms with Crippen molar-refractivity contribution >= 4 is 17.8 Å². The molecule has 0 aromatic carbocycles. The summed E-state index contributed by atoms with van der Waals surface area (Å²) < 4.78 is 4.42. The first kappa shape index (κ1) is 17.4. The van der Waals surface area contributed by atoms with E-state index >= 15 is 0 Å². The van der Waals surface area contributed by atoms with Crippen LogP contribution >= 0.6 is 0 Å². The monoisotopic (exact) mass is 274 g/mol. The molecule has 0 heterocycles. The summed E-state index contributed by atoms with van der Waals surface area (Å²) in [5, 5.41) is 11.3. The molecule has 0 aromatic rings. The standard InChI is InChI=1S/C12H22N2O5/c1-3-4-5-8(13)11(16)14-9(12(17)18)6-7-10(15)19-2/h8-9H,3-7,13H2,1-2H3,(H,14,16)(H,17,18). The number of unbranched alkanes of at least 4 members (excludes halogenated alkanes) is 1. The van der Waals surface area contributed by atoms with Crippen LogP contribution in [0.2, 0.25) is 0 Å². The van der Waals surface area contributed by atoms with Gasteiger partial charge in [0.25, 0.3) is 0 Å². The molecule has 0 spiro atoms. The van der Waals surface area contributed by atoms with Gasteiger partial charge in [-0.3, -0.25) is 9.59 Å². The number of nitrogens with one attached hydrogen (secondary N) is 1. The molecule has 19 heavy (non-hydrogen) atoms. The number of hydrogen-bond donors (Lipinski definition) is 3. The Morgan fingerprint density at radius 1 is 1.32 bits per heavy atom. The van der Waals surface area contributed by atoms with Gasteiger partial charge in [-0.15, -0.1) is 0 Å². The first-order valence-corrected chi connectivity index (χ1v) is 6.27. The van der Waals surface area contributed by atoms with Crippen LogP contribution in [0.1, 0.15) is 39.0 Å². The van der Waals surface area contributed by atoms with E-state index in [1.54, 1.807) is 0 Å². The molecule has 7 heteroatoms. The number of amides is 1. The fourth-order valence-electron chi connectivity index (χ4n) is 1.46. The molecular formula is C12H22N2O5. The van der Waals surface area contributed by atoms with Crippen LogP contribution < -0.4 is 11.1 Å². The molecule has 1 amide bonds. The van der Waals surface area contributed by atoms with E-state index < -0.39 is 29.9 Å². The minimum Gasteiger partial charge on any atom is -0.480 e. The van der Waals surface area contributed by atoms with Crippen LogP contribution in [0.4, 0.5) is 0 Å². The molecule has 7 nitrogen and oxygen atoms in total. The van der Waals surface area contributed by atoms with Crippen molar-refractivity contribution in [3.63, 3.8) is 0 Å². The van der Waals surface area contributed by atoms with Crippen molar-refractivity contribution in [1.29, 1.82) is 0 Å². The van der Waals surface area contributed by atoms with E-state index in [1.165, 1.54) is 7.11 Å². The summed E-state index contributed by atoms with van der Waals surface area (Å²) >= 11 is 0. The van der Waals surface area contributed by atoms with E-state index in [2.05, 4.69) is 10.1 Å². The zero-order valence-corrected chi connectivity index (χ0v) is 11.3. The summed E-state index contributed by atoms with van der Waals surface area (Å²) in [5.41, 5.74) is 5.64. The maximum Gasteiger partial charge on any atom is 0.326 e. The molecule has 0 aliphatic rings. The number of aliphatic carboxylic acids is 1. The van der Waals surface area contributed by atoms with Gasteiger partial charge in [-0.1, -0.05) is 19.8 Å². The number of carboxylic acids is 1. The Bertz CT molecular complexity index is 319. The van der Waals surface area contributed by atoms with Crippen LogP contribution in [0.5, 0.6) is 0 Å². The largest absolute Gasteiger partial charge is 0.480 e. The fourth-order valence-corrected chi connectivity index (χ4v) is 1.46. The molecule has 0 saturated carbocycles. The second-order valence-corrected chi connectivity index (χ2v) is 4.26. The van der Waals surface area contributed by atoms with E-state index in [-0.39, 0.29) is 12.8 Å². The van der Waals surface area contributed by atoms with Crippen LogP contribution in [0, 0.1) is 0 Å². The molecule has 0 rings (SSSR count). The third-order valence-corrected chi connectivity index (χ3v) is 2.68. The summed E-state index contributed by atoms with van der Waals surface area (Å²) in [4.78, 5) is 33.6. The maximum atomic E-state index is 11.7. The summed E-state index contributed by atoms with van der Waals surface area (Å²) in [6.07, 6.45) is 2.12. The number of esters is 1. The number of hydrogen-bond acceptors (Lipinski definition) is 5. The Morgan fingerprint density at radius 2 is 1.95 bits per heavy atom. The van der Waals surface area contributed by atoms with E-state index in [0.717, 1.165) is 12.8 Å². The van der Waals surface area contributed by atoms with E-state index in [9.17, 15) is 14.4 Å². The number of carboxylic acid groups (broad SMARTS) is 1. The van der Waals surface area contributed by atoms with Crippen LogP contribution in [-0.4, -0.2) is 42.1 Å². The predicted octanol–water partition coefficient (Wildman–Crippen LogP) is 0.0265. The van der Waals surface area contributed by atoms with Gasteiger partial charge < -0.3 is 20.9 Å². The third-order valence-electron chi connectivity index (χ3n) is 2.68. The van der Waals surface area contributed by atoms with Crippen molar-refractivity contribution in [2.24, 2.45) is 5.73 Å². The van der Waals surface area contributed by atoms with Crippen molar-refractivity contribution in [3.8, 4) is 0 Å². The van der Waals surface area contributed by atoms with E-state index in [1.807, 2.05) is 6.92 Å². The molecule has 0 saturated heterocycles. The van der Waals surface area contributed by atoms with Gasteiger partial charge in [-0.2, -0.15) is 0 Å². The number of ether oxygens (including phenoxy) is 1. The molecule has 0 bridgehead atoms. The average Bonchev–Trinajstić information content (AvgIpc) is 2.39. The molecule has 4 N–H and O–H groups in total. The van der Waals surface area contributed by atoms with E-state index in [4.69, 9.17) is 10.8 Å². The predicted molar refractivity (Wildman–Crippen MR) is 68.3 cm³/mol. The normalized spacial score (nSPS) is 13.4. The van der Waals surface area contributed by atoms with Gasteiger partial charge in [0, 0.05) is 6.42 Å². The van der Waals surface area contributed by atoms with Gasteiger partial charge in [-0.05, 0) is 12.8 Å². The molecule has 0 aromatic heterocycles. The number of carbonyl (C=O) groups excluding carboxylic acids is 2. The lowest BCUT2D eigenvalue weighted by Crippen LogP contribution is -2.48. The van der Waals surface area contributed by atoms with Crippen molar-refractivity contribution in [1.82, 2.24) is 5.32 Å². The minimum atomic E-state index is -1.19. The molecular weight excluding hydrogens is 252 g/mol. The molecule has 2 unspecified atom stereocenters. The highest BCUT2D eigenvalue weighted by molar-refractivity contribution is 5.87. The Hall–Kier alpha value is -1.63. The van der Waals surface area contributed by atoms with Crippen LogP contribution in [0.15, 0.2) is 0 Å². The van der Waals surface area contributed by atoms with Gasteiger partial charge in [-0.25, -0.2) is 4.79 Å². The second-order valence-electron chi connectivity index (χ2n) is 4.26. The highest BCUT2D eigenvalue weighted by Crippen LogP contribution is 2.02. The van der Waals surface area contributed by atoms with Gasteiger partial charge >= 0.3 is 11.9 Å². The third kappa shape index (κ3) is 7.40. The van der Waals surface area contributed by atoms with Gasteiger partial charge in [0.15, 0.2) is 0 Å². The smallest absolute Gasteiger partial charge is 0.326 e. The number of carbonyl (C=O) groups is 3. The number of methoxy groups -OCH3 is 1. The lowest BCUT2D eigenvalue weighted by Gasteiger charge is -2.17. The first-order chi connectivity index (χ1) is 8.92. The van der Waals surface area contributed by atoms with Crippen molar-refractivity contribution in [2.45, 2.75) is 51.1 Å². The fraction of sp³-hybridized carbons (Fsp3) is 0.750. The summed E-state index contributed by atoms with van der Waals surface area (Å²) in [6, 6.07) is -1.85. The molecule has 0 fully saturated rings. The first-order valence-electron chi connectivity index (χ1n) is 6.27. The summed E-state index contributed by atoms with van der Waals surface area (Å²) in [6.45, 7) is 1.97. The molecule has 0 aliphatic carbocycles. The summed E-state index contributed by atoms with van der Waals surface area (Å²) in [5.74, 6) is -2.22. The average molecular weight is 274 g/mol.